The van der Waals surface area contributed by atoms with Crippen LogP contribution < -0.4 is 10.6 Å². The second-order valence-electron chi connectivity index (χ2n) is 4.20. The van der Waals surface area contributed by atoms with E-state index in [0.29, 0.717) is 18.9 Å². The maximum atomic E-state index is 11.3. The van der Waals surface area contributed by atoms with E-state index in [2.05, 4.69) is 10.6 Å². The zero-order chi connectivity index (χ0) is 11.7. The van der Waals surface area contributed by atoms with Crippen LogP contribution >= 0.6 is 0 Å². The summed E-state index contributed by atoms with van der Waals surface area (Å²) >= 11 is 0. The highest BCUT2D eigenvalue weighted by atomic mass is 16.3. The first-order valence-electron chi connectivity index (χ1n) is 5.65. The molecule has 0 aliphatic carbocycles. The van der Waals surface area contributed by atoms with Gasteiger partial charge in [0, 0.05) is 13.0 Å². The highest BCUT2D eigenvalue weighted by Gasteiger charge is 2.07. The van der Waals surface area contributed by atoms with Crippen LogP contribution in [0.15, 0.2) is 0 Å². The van der Waals surface area contributed by atoms with Gasteiger partial charge in [0.25, 0.3) is 0 Å². The highest BCUT2D eigenvalue weighted by molar-refractivity contribution is 5.75. The lowest BCUT2D eigenvalue weighted by atomic mass is 10.0. The lowest BCUT2D eigenvalue weighted by Crippen LogP contribution is -2.29. The Hall–Kier alpha value is -0.610. The fourth-order valence-electron chi connectivity index (χ4n) is 1.47. The Morgan fingerprint density at radius 2 is 2.07 bits per heavy atom. The molecule has 0 spiro atoms. The Labute approximate surface area is 92.4 Å². The van der Waals surface area contributed by atoms with E-state index in [-0.39, 0.29) is 12.0 Å². The number of nitrogens with one attached hydrogen (secondary N) is 2. The summed E-state index contributed by atoms with van der Waals surface area (Å²) in [7, 11) is 1.88. The summed E-state index contributed by atoms with van der Waals surface area (Å²) in [6, 6.07) is 0. The van der Waals surface area contributed by atoms with Crippen molar-refractivity contribution in [3.8, 4) is 0 Å². The van der Waals surface area contributed by atoms with Gasteiger partial charge in [0.05, 0.1) is 6.10 Å². The molecule has 3 N–H and O–H groups in total. The fourth-order valence-corrected chi connectivity index (χ4v) is 1.47. The maximum Gasteiger partial charge on any atom is 0.220 e. The van der Waals surface area contributed by atoms with Gasteiger partial charge < -0.3 is 15.7 Å². The number of hydrogen-bond donors (Lipinski definition) is 3. The van der Waals surface area contributed by atoms with Gasteiger partial charge in [-0.05, 0) is 39.3 Å². The van der Waals surface area contributed by atoms with Crippen LogP contribution in [0.3, 0.4) is 0 Å². The number of amides is 1. The number of carbonyl (C=O) groups is 1. The molecule has 0 rings (SSSR count). The summed E-state index contributed by atoms with van der Waals surface area (Å²) < 4.78 is 0. The Kier molecular flexibility index (Phi) is 8.33. The van der Waals surface area contributed by atoms with E-state index in [1.54, 1.807) is 6.92 Å². The molecule has 0 saturated heterocycles. The third-order valence-electron chi connectivity index (χ3n) is 2.22. The molecular formula is C11H24N2O2. The normalized spacial score (nSPS) is 14.7. The zero-order valence-corrected chi connectivity index (χ0v) is 10.0. The van der Waals surface area contributed by atoms with Crippen LogP contribution in [0.4, 0.5) is 0 Å². The van der Waals surface area contributed by atoms with Crippen molar-refractivity contribution >= 4 is 5.91 Å². The van der Waals surface area contributed by atoms with Crippen molar-refractivity contribution < 1.29 is 9.90 Å². The Bertz CT molecular complexity index is 172. The second kappa shape index (κ2) is 8.68. The first-order chi connectivity index (χ1) is 7.06. The lowest BCUT2D eigenvalue weighted by Gasteiger charge is -2.14. The molecule has 4 heteroatoms. The molecule has 2 atom stereocenters. The highest BCUT2D eigenvalue weighted by Crippen LogP contribution is 2.03. The summed E-state index contributed by atoms with van der Waals surface area (Å²) in [5.41, 5.74) is 0. The van der Waals surface area contributed by atoms with Gasteiger partial charge in [0.1, 0.15) is 0 Å². The van der Waals surface area contributed by atoms with Crippen LogP contribution in [0, 0.1) is 5.92 Å². The second-order valence-corrected chi connectivity index (χ2v) is 4.20. The minimum Gasteiger partial charge on any atom is -0.393 e. The third kappa shape index (κ3) is 9.69. The number of rotatable bonds is 8. The molecule has 1 amide bonds. The first-order valence-corrected chi connectivity index (χ1v) is 5.65. The van der Waals surface area contributed by atoms with Gasteiger partial charge in [-0.3, -0.25) is 4.79 Å². The molecule has 0 heterocycles. The van der Waals surface area contributed by atoms with Crippen molar-refractivity contribution in [2.45, 2.75) is 39.2 Å². The summed E-state index contributed by atoms with van der Waals surface area (Å²) in [6.07, 6.45) is 1.88. The summed E-state index contributed by atoms with van der Waals surface area (Å²) in [4.78, 5) is 11.3. The molecule has 0 aromatic rings. The number of carbonyl (C=O) groups excluding carboxylic acids is 1. The monoisotopic (exact) mass is 216 g/mol. The number of hydrogen-bond acceptors (Lipinski definition) is 3. The molecule has 0 fully saturated rings. The minimum absolute atomic E-state index is 0.0997. The van der Waals surface area contributed by atoms with Crippen molar-refractivity contribution in [1.82, 2.24) is 10.6 Å². The van der Waals surface area contributed by atoms with Crippen molar-refractivity contribution in [2.24, 2.45) is 5.92 Å². The van der Waals surface area contributed by atoms with Crippen molar-refractivity contribution in [1.29, 1.82) is 0 Å². The smallest absolute Gasteiger partial charge is 0.220 e. The molecule has 0 aliphatic heterocycles. The number of aliphatic hydroxyl groups excluding tert-OH is 1. The van der Waals surface area contributed by atoms with E-state index >= 15 is 0 Å². The predicted octanol–water partition coefficient (Wildman–Crippen LogP) is 0.509. The summed E-state index contributed by atoms with van der Waals surface area (Å²) in [5, 5.41) is 15.0. The molecule has 4 nitrogen and oxygen atoms in total. The topological polar surface area (TPSA) is 61.4 Å². The van der Waals surface area contributed by atoms with Crippen LogP contribution in [0.2, 0.25) is 0 Å². The van der Waals surface area contributed by atoms with Gasteiger partial charge in [0.2, 0.25) is 5.91 Å². The Morgan fingerprint density at radius 1 is 1.40 bits per heavy atom. The van der Waals surface area contributed by atoms with Crippen molar-refractivity contribution in [2.75, 3.05) is 20.1 Å². The molecular weight excluding hydrogens is 192 g/mol. The van der Waals surface area contributed by atoms with Gasteiger partial charge in [-0.15, -0.1) is 0 Å². The van der Waals surface area contributed by atoms with E-state index in [9.17, 15) is 4.79 Å². The van der Waals surface area contributed by atoms with Gasteiger partial charge in [-0.2, -0.15) is 0 Å². The average molecular weight is 216 g/mol. The fraction of sp³-hybridized carbons (Fsp3) is 0.909. The Morgan fingerprint density at radius 3 is 2.60 bits per heavy atom. The standard InChI is InChI=1S/C11H24N2O2/c1-9(7-10(2)14)8-13-11(15)5-4-6-12-3/h9-10,12,14H,4-8H2,1-3H3,(H,13,15). The van der Waals surface area contributed by atoms with E-state index < -0.39 is 0 Å². The predicted molar refractivity (Wildman–Crippen MR) is 61.6 cm³/mol. The molecule has 90 valence electrons. The zero-order valence-electron chi connectivity index (χ0n) is 10.0. The summed E-state index contributed by atoms with van der Waals surface area (Å²) in [5.74, 6) is 0.431. The first kappa shape index (κ1) is 14.4. The average Bonchev–Trinajstić information content (AvgIpc) is 2.14. The third-order valence-corrected chi connectivity index (χ3v) is 2.22. The van der Waals surface area contributed by atoms with Crippen LogP contribution in [0.25, 0.3) is 0 Å². The van der Waals surface area contributed by atoms with E-state index in [0.717, 1.165) is 19.4 Å². The van der Waals surface area contributed by atoms with E-state index in [1.165, 1.54) is 0 Å². The van der Waals surface area contributed by atoms with Crippen LogP contribution in [-0.2, 0) is 4.79 Å². The molecule has 0 bridgehead atoms. The van der Waals surface area contributed by atoms with Gasteiger partial charge >= 0.3 is 0 Å². The van der Waals surface area contributed by atoms with Crippen LogP contribution in [-0.4, -0.2) is 37.3 Å². The largest absolute Gasteiger partial charge is 0.393 e. The molecule has 0 aromatic heterocycles. The van der Waals surface area contributed by atoms with Crippen LogP contribution in [0.5, 0.6) is 0 Å². The molecule has 0 aromatic carbocycles. The van der Waals surface area contributed by atoms with Gasteiger partial charge in [-0.1, -0.05) is 6.92 Å². The molecule has 2 unspecified atom stereocenters. The number of aliphatic hydroxyl groups is 1. The minimum atomic E-state index is -0.291. The molecule has 0 aliphatic rings. The molecule has 0 saturated carbocycles. The quantitative estimate of drug-likeness (QED) is 0.518. The summed E-state index contributed by atoms with van der Waals surface area (Å²) in [6.45, 7) is 5.33. The molecule has 15 heavy (non-hydrogen) atoms. The van der Waals surface area contributed by atoms with Crippen molar-refractivity contribution in [3.63, 3.8) is 0 Å². The van der Waals surface area contributed by atoms with Crippen LogP contribution in [0.1, 0.15) is 33.1 Å². The van der Waals surface area contributed by atoms with E-state index in [4.69, 9.17) is 5.11 Å². The van der Waals surface area contributed by atoms with Crippen molar-refractivity contribution in [3.05, 3.63) is 0 Å². The Balaban J connectivity index is 3.44. The van der Waals surface area contributed by atoms with Gasteiger partial charge in [0.15, 0.2) is 0 Å². The van der Waals surface area contributed by atoms with E-state index in [1.807, 2.05) is 14.0 Å². The molecule has 0 radical (unpaired) electrons. The van der Waals surface area contributed by atoms with Gasteiger partial charge in [-0.25, -0.2) is 0 Å². The SMILES string of the molecule is CNCCCC(=O)NCC(C)CC(C)O. The lowest BCUT2D eigenvalue weighted by molar-refractivity contribution is -0.121. The maximum absolute atomic E-state index is 11.3.